The molecule has 0 amide bonds. The van der Waals surface area contributed by atoms with Crippen molar-refractivity contribution in [1.29, 1.82) is 0 Å². The maximum Gasteiger partial charge on any atom is 0.340 e. The van der Waals surface area contributed by atoms with Crippen LogP contribution in [0.2, 0.25) is 0 Å². The molecule has 1 aromatic heterocycles. The van der Waals surface area contributed by atoms with Crippen LogP contribution >= 0.6 is 0 Å². The van der Waals surface area contributed by atoms with Crippen LogP contribution in [0.3, 0.4) is 0 Å². The second-order valence-corrected chi connectivity index (χ2v) is 8.04. The Balaban J connectivity index is 1.43. The summed E-state index contributed by atoms with van der Waals surface area (Å²) in [6.45, 7) is 5.69. The molecular formula is C23H25NO7. The standard InChI is InChI=1S/C23H25NO7/c1-14(25)29-17-9-5-4-8-16(17)23(2,3)31-19-13-28-20-18(12-27-21(19)20)30-22(26)15-7-6-10-24-11-15/h4-11,18-21H,12-13H2,1-3H3/t18-,19+,20-,21-/m1/s1. The second kappa shape index (κ2) is 8.74. The Morgan fingerprint density at radius 1 is 1.03 bits per heavy atom. The summed E-state index contributed by atoms with van der Waals surface area (Å²) in [5, 5.41) is 0. The van der Waals surface area contributed by atoms with Gasteiger partial charge in [-0.2, -0.15) is 0 Å². The van der Waals surface area contributed by atoms with Gasteiger partial charge in [-0.1, -0.05) is 18.2 Å². The largest absolute Gasteiger partial charge is 0.453 e. The minimum Gasteiger partial charge on any atom is -0.453 e. The van der Waals surface area contributed by atoms with Gasteiger partial charge in [0.05, 0.1) is 24.4 Å². The van der Waals surface area contributed by atoms with Crippen LogP contribution in [0.25, 0.3) is 0 Å². The van der Waals surface area contributed by atoms with Gasteiger partial charge in [0.15, 0.2) is 6.10 Å². The molecule has 2 saturated heterocycles. The first kappa shape index (κ1) is 21.4. The number of aromatic nitrogens is 1. The van der Waals surface area contributed by atoms with Gasteiger partial charge < -0.3 is 23.7 Å². The monoisotopic (exact) mass is 427 g/mol. The number of hydrogen-bond acceptors (Lipinski definition) is 8. The zero-order valence-corrected chi connectivity index (χ0v) is 17.6. The van der Waals surface area contributed by atoms with Crippen LogP contribution in [0.15, 0.2) is 48.8 Å². The summed E-state index contributed by atoms with van der Waals surface area (Å²) in [6.07, 6.45) is 1.38. The minimum atomic E-state index is -0.775. The van der Waals surface area contributed by atoms with E-state index in [-0.39, 0.29) is 18.8 Å². The van der Waals surface area contributed by atoms with Gasteiger partial charge in [0, 0.05) is 24.9 Å². The molecule has 8 heteroatoms. The predicted octanol–water partition coefficient (Wildman–Crippen LogP) is 2.65. The van der Waals surface area contributed by atoms with Crippen LogP contribution in [0, 0.1) is 0 Å². The van der Waals surface area contributed by atoms with Crippen molar-refractivity contribution in [2.45, 2.75) is 50.8 Å². The molecule has 4 rings (SSSR count). The summed E-state index contributed by atoms with van der Waals surface area (Å²) in [5.74, 6) is -0.415. The Bertz CT molecular complexity index is 946. The number of nitrogens with zero attached hydrogens (tertiary/aromatic N) is 1. The lowest BCUT2D eigenvalue weighted by Crippen LogP contribution is -2.38. The second-order valence-electron chi connectivity index (χ2n) is 8.04. The van der Waals surface area contributed by atoms with E-state index in [2.05, 4.69) is 4.98 Å². The number of carbonyl (C=O) groups excluding carboxylic acids is 2. The molecule has 0 spiro atoms. The summed E-state index contributed by atoms with van der Waals surface area (Å²) < 4.78 is 29.1. The maximum atomic E-state index is 12.4. The highest BCUT2D eigenvalue weighted by molar-refractivity contribution is 5.89. The van der Waals surface area contributed by atoms with Gasteiger partial charge in [0.1, 0.15) is 24.1 Å². The van der Waals surface area contributed by atoms with Crippen molar-refractivity contribution in [3.8, 4) is 5.75 Å². The average molecular weight is 427 g/mol. The fourth-order valence-electron chi connectivity index (χ4n) is 3.97. The summed E-state index contributed by atoms with van der Waals surface area (Å²) in [5.41, 5.74) is 0.342. The maximum absolute atomic E-state index is 12.4. The van der Waals surface area contributed by atoms with E-state index in [9.17, 15) is 9.59 Å². The van der Waals surface area contributed by atoms with Crippen molar-refractivity contribution in [2.75, 3.05) is 13.2 Å². The third-order valence-electron chi connectivity index (χ3n) is 5.35. The van der Waals surface area contributed by atoms with Gasteiger partial charge in [-0.25, -0.2) is 4.79 Å². The quantitative estimate of drug-likeness (QED) is 0.513. The van der Waals surface area contributed by atoms with Crippen molar-refractivity contribution >= 4 is 11.9 Å². The molecule has 2 fully saturated rings. The highest BCUT2D eigenvalue weighted by Crippen LogP contribution is 2.38. The van der Waals surface area contributed by atoms with Crippen molar-refractivity contribution in [3.63, 3.8) is 0 Å². The molecule has 0 aliphatic carbocycles. The van der Waals surface area contributed by atoms with E-state index in [1.165, 1.54) is 13.1 Å². The lowest BCUT2D eigenvalue weighted by molar-refractivity contribution is -0.133. The van der Waals surface area contributed by atoms with Crippen LogP contribution in [-0.2, 0) is 29.3 Å². The van der Waals surface area contributed by atoms with Crippen molar-refractivity contribution in [1.82, 2.24) is 4.98 Å². The average Bonchev–Trinajstić information content (AvgIpc) is 3.32. The molecule has 4 atom stereocenters. The fourth-order valence-corrected chi connectivity index (χ4v) is 3.97. The lowest BCUT2D eigenvalue weighted by atomic mass is 9.96. The van der Waals surface area contributed by atoms with E-state index in [0.29, 0.717) is 17.9 Å². The molecule has 0 N–H and O–H groups in total. The molecule has 2 aliphatic heterocycles. The molecule has 2 aromatic rings. The van der Waals surface area contributed by atoms with Gasteiger partial charge in [-0.05, 0) is 32.0 Å². The molecule has 0 radical (unpaired) electrons. The molecule has 31 heavy (non-hydrogen) atoms. The van der Waals surface area contributed by atoms with Crippen LogP contribution in [0.5, 0.6) is 5.75 Å². The van der Waals surface area contributed by atoms with E-state index in [0.717, 1.165) is 5.56 Å². The predicted molar refractivity (Wildman–Crippen MR) is 109 cm³/mol. The van der Waals surface area contributed by atoms with Gasteiger partial charge >= 0.3 is 11.9 Å². The Labute approximate surface area is 180 Å². The van der Waals surface area contributed by atoms with Gasteiger partial charge in [-0.15, -0.1) is 0 Å². The first-order chi connectivity index (χ1) is 14.8. The van der Waals surface area contributed by atoms with E-state index >= 15 is 0 Å². The Morgan fingerprint density at radius 2 is 1.74 bits per heavy atom. The Kier molecular flexibility index (Phi) is 6.04. The van der Waals surface area contributed by atoms with Gasteiger partial charge in [0.25, 0.3) is 0 Å². The number of para-hydroxylation sites is 1. The summed E-state index contributed by atoms with van der Waals surface area (Å²) in [6, 6.07) is 10.6. The highest BCUT2D eigenvalue weighted by atomic mass is 16.7. The molecule has 2 aliphatic rings. The number of ether oxygens (including phenoxy) is 5. The molecule has 164 valence electrons. The van der Waals surface area contributed by atoms with Crippen LogP contribution in [-0.4, -0.2) is 54.6 Å². The normalized spacial score (nSPS) is 25.1. The van der Waals surface area contributed by atoms with E-state index in [1.807, 2.05) is 26.0 Å². The third kappa shape index (κ3) is 4.61. The van der Waals surface area contributed by atoms with Crippen LogP contribution in [0.1, 0.15) is 36.7 Å². The zero-order chi connectivity index (χ0) is 22.0. The van der Waals surface area contributed by atoms with Crippen molar-refractivity contribution in [3.05, 3.63) is 59.9 Å². The van der Waals surface area contributed by atoms with Gasteiger partial charge in [0.2, 0.25) is 0 Å². The van der Waals surface area contributed by atoms with Crippen LogP contribution < -0.4 is 4.74 Å². The summed E-state index contributed by atoms with van der Waals surface area (Å²) in [4.78, 5) is 27.8. The van der Waals surface area contributed by atoms with Gasteiger partial charge in [-0.3, -0.25) is 9.78 Å². The summed E-state index contributed by atoms with van der Waals surface area (Å²) >= 11 is 0. The molecular weight excluding hydrogens is 402 g/mol. The topological polar surface area (TPSA) is 93.2 Å². The number of benzene rings is 1. The third-order valence-corrected chi connectivity index (χ3v) is 5.35. The molecule has 3 heterocycles. The first-order valence-corrected chi connectivity index (χ1v) is 10.1. The molecule has 1 aromatic carbocycles. The SMILES string of the molecule is CC(=O)Oc1ccccc1C(C)(C)O[C@H]1CO[C@H]2[C@@H]1OC[C@H]2OC(=O)c1cccnc1. The number of fused-ring (bicyclic) bond motifs is 1. The molecule has 0 bridgehead atoms. The molecule has 8 nitrogen and oxygen atoms in total. The number of hydrogen-bond donors (Lipinski definition) is 0. The minimum absolute atomic E-state index is 0.228. The Hall–Kier alpha value is -2.81. The molecule has 0 unspecified atom stereocenters. The number of carbonyl (C=O) groups is 2. The van der Waals surface area contributed by atoms with E-state index in [1.54, 1.807) is 30.5 Å². The number of rotatable bonds is 6. The van der Waals surface area contributed by atoms with E-state index in [4.69, 9.17) is 23.7 Å². The number of pyridine rings is 1. The smallest absolute Gasteiger partial charge is 0.340 e. The van der Waals surface area contributed by atoms with Crippen LogP contribution in [0.4, 0.5) is 0 Å². The van der Waals surface area contributed by atoms with Crippen molar-refractivity contribution < 1.29 is 33.3 Å². The number of esters is 2. The zero-order valence-electron chi connectivity index (χ0n) is 17.6. The fraction of sp³-hybridized carbons (Fsp3) is 0.435. The van der Waals surface area contributed by atoms with Crippen molar-refractivity contribution in [2.24, 2.45) is 0 Å². The lowest BCUT2D eigenvalue weighted by Gasteiger charge is -2.32. The highest BCUT2D eigenvalue weighted by Gasteiger charge is 2.51. The Morgan fingerprint density at radius 3 is 2.45 bits per heavy atom. The first-order valence-electron chi connectivity index (χ1n) is 10.1. The summed E-state index contributed by atoms with van der Waals surface area (Å²) in [7, 11) is 0. The molecule has 0 saturated carbocycles. The van der Waals surface area contributed by atoms with E-state index < -0.39 is 29.7 Å².